The van der Waals surface area contributed by atoms with Crippen LogP contribution in [0.2, 0.25) is 0 Å². The lowest BCUT2D eigenvalue weighted by atomic mass is 10.1. The lowest BCUT2D eigenvalue weighted by Gasteiger charge is -2.10. The van der Waals surface area contributed by atoms with Crippen molar-refractivity contribution in [1.29, 1.82) is 5.26 Å². The number of para-hydroxylation sites is 1. The molecule has 0 aromatic heterocycles. The molecule has 8 heteroatoms. The van der Waals surface area contributed by atoms with Crippen LogP contribution in [-0.2, 0) is 20.8 Å². The number of carbonyl (C=O) groups excluding carboxylic acids is 3. The van der Waals surface area contributed by atoms with Crippen molar-refractivity contribution in [2.75, 3.05) is 11.9 Å². The first-order chi connectivity index (χ1) is 13.0. The van der Waals surface area contributed by atoms with Gasteiger partial charge < -0.3 is 10.1 Å². The number of rotatable bonds is 6. The highest BCUT2D eigenvalue weighted by Gasteiger charge is 2.08. The molecule has 0 radical (unpaired) electrons. The molecular formula is C19H18N4O4. The fourth-order valence-corrected chi connectivity index (χ4v) is 2.14. The number of ether oxygens (including phenoxy) is 1. The maximum absolute atomic E-state index is 11.9. The van der Waals surface area contributed by atoms with Crippen molar-refractivity contribution in [1.82, 2.24) is 10.9 Å². The van der Waals surface area contributed by atoms with Gasteiger partial charge in [-0.15, -0.1) is 0 Å². The number of hydrazine groups is 1. The third kappa shape index (κ3) is 6.51. The molecule has 2 aromatic carbocycles. The van der Waals surface area contributed by atoms with Crippen molar-refractivity contribution >= 4 is 23.4 Å². The first-order valence-corrected chi connectivity index (χ1v) is 8.04. The minimum atomic E-state index is -0.558. The number of carbonyl (C=O) groups is 3. The van der Waals surface area contributed by atoms with E-state index in [4.69, 9.17) is 10.00 Å². The van der Waals surface area contributed by atoms with E-state index in [1.54, 1.807) is 48.5 Å². The lowest BCUT2D eigenvalue weighted by Crippen LogP contribution is -2.44. The second kappa shape index (κ2) is 9.58. The molecule has 0 aliphatic heterocycles. The van der Waals surface area contributed by atoms with Gasteiger partial charge in [0.05, 0.1) is 12.0 Å². The normalized spacial score (nSPS) is 9.63. The number of nitrogens with one attached hydrogen (secondary N) is 3. The van der Waals surface area contributed by atoms with E-state index in [0.29, 0.717) is 17.0 Å². The predicted octanol–water partition coefficient (Wildman–Crippen LogP) is 1.29. The summed E-state index contributed by atoms with van der Waals surface area (Å²) >= 11 is 0. The van der Waals surface area contributed by atoms with Gasteiger partial charge in [0.1, 0.15) is 11.8 Å². The van der Waals surface area contributed by atoms with Crippen LogP contribution in [0.25, 0.3) is 0 Å². The number of amides is 3. The molecule has 0 unspecified atom stereocenters. The highest BCUT2D eigenvalue weighted by atomic mass is 16.5. The largest absolute Gasteiger partial charge is 0.482 e. The highest BCUT2D eigenvalue weighted by Crippen LogP contribution is 2.16. The van der Waals surface area contributed by atoms with Gasteiger partial charge in [-0.2, -0.15) is 5.26 Å². The van der Waals surface area contributed by atoms with Gasteiger partial charge in [-0.1, -0.05) is 24.3 Å². The molecule has 138 valence electrons. The summed E-state index contributed by atoms with van der Waals surface area (Å²) in [6.45, 7) is 1.07. The van der Waals surface area contributed by atoms with Gasteiger partial charge in [0.2, 0.25) is 11.8 Å². The first kappa shape index (κ1) is 19.5. The molecule has 0 saturated carbocycles. The van der Waals surface area contributed by atoms with E-state index in [1.165, 1.54) is 6.92 Å². The van der Waals surface area contributed by atoms with Gasteiger partial charge in [-0.05, 0) is 29.8 Å². The standard InChI is InChI=1S/C19H18N4O4/c1-13(24)21-16-8-6-14(7-9-16)10-18(25)22-23-19(26)12-27-17-5-3-2-4-15(17)11-20/h2-9H,10,12H2,1H3,(H,21,24)(H,22,25)(H,23,26). The smallest absolute Gasteiger partial charge is 0.276 e. The minimum Gasteiger partial charge on any atom is -0.482 e. The number of benzene rings is 2. The number of anilines is 1. The summed E-state index contributed by atoms with van der Waals surface area (Å²) in [5.74, 6) is -0.853. The predicted molar refractivity (Wildman–Crippen MR) is 97.4 cm³/mol. The molecule has 0 heterocycles. The molecule has 0 bridgehead atoms. The Bertz CT molecular complexity index is 872. The van der Waals surface area contributed by atoms with E-state index in [2.05, 4.69) is 16.2 Å². The van der Waals surface area contributed by atoms with Crippen LogP contribution in [0.3, 0.4) is 0 Å². The average molecular weight is 366 g/mol. The van der Waals surface area contributed by atoms with Gasteiger partial charge in [0, 0.05) is 12.6 Å². The monoisotopic (exact) mass is 366 g/mol. The Hall–Kier alpha value is -3.86. The van der Waals surface area contributed by atoms with Gasteiger partial charge in [0.15, 0.2) is 6.61 Å². The molecular weight excluding hydrogens is 348 g/mol. The fourth-order valence-electron chi connectivity index (χ4n) is 2.14. The van der Waals surface area contributed by atoms with Crippen LogP contribution in [0.4, 0.5) is 5.69 Å². The third-order valence-electron chi connectivity index (χ3n) is 3.35. The maximum Gasteiger partial charge on any atom is 0.276 e. The minimum absolute atomic E-state index is 0.0543. The van der Waals surface area contributed by atoms with Crippen molar-refractivity contribution < 1.29 is 19.1 Å². The Labute approximate surface area is 156 Å². The number of hydrogen-bond donors (Lipinski definition) is 3. The summed E-state index contributed by atoms with van der Waals surface area (Å²) in [5.41, 5.74) is 6.20. The summed E-state index contributed by atoms with van der Waals surface area (Å²) in [6.07, 6.45) is 0.0543. The molecule has 27 heavy (non-hydrogen) atoms. The van der Waals surface area contributed by atoms with Crippen LogP contribution < -0.4 is 20.9 Å². The molecule has 0 aliphatic carbocycles. The summed E-state index contributed by atoms with van der Waals surface area (Å²) in [5, 5.41) is 11.6. The molecule has 2 aromatic rings. The summed E-state index contributed by atoms with van der Waals surface area (Å²) in [4.78, 5) is 34.6. The van der Waals surface area contributed by atoms with Gasteiger partial charge in [-0.3, -0.25) is 25.2 Å². The number of nitriles is 1. The SMILES string of the molecule is CC(=O)Nc1ccc(CC(=O)NNC(=O)COc2ccccc2C#N)cc1. The fraction of sp³-hybridized carbons (Fsp3) is 0.158. The number of hydrogen-bond acceptors (Lipinski definition) is 5. The molecule has 3 amide bonds. The Morgan fingerprint density at radius 3 is 2.33 bits per heavy atom. The van der Waals surface area contributed by atoms with Gasteiger partial charge in [-0.25, -0.2) is 0 Å². The molecule has 2 rings (SSSR count). The Morgan fingerprint density at radius 2 is 1.67 bits per heavy atom. The van der Waals surface area contributed by atoms with Crippen LogP contribution in [0.15, 0.2) is 48.5 Å². The van der Waals surface area contributed by atoms with Crippen LogP contribution in [-0.4, -0.2) is 24.3 Å². The molecule has 0 saturated heterocycles. The Kier molecular flexibility index (Phi) is 6.91. The summed E-state index contributed by atoms with van der Waals surface area (Å²) < 4.78 is 5.26. The summed E-state index contributed by atoms with van der Waals surface area (Å²) in [6, 6.07) is 15.3. The van der Waals surface area contributed by atoms with E-state index in [-0.39, 0.29) is 18.9 Å². The molecule has 0 fully saturated rings. The van der Waals surface area contributed by atoms with Crippen molar-refractivity contribution in [2.45, 2.75) is 13.3 Å². The highest BCUT2D eigenvalue weighted by molar-refractivity contribution is 5.88. The second-order valence-corrected chi connectivity index (χ2v) is 5.55. The van der Waals surface area contributed by atoms with E-state index in [9.17, 15) is 14.4 Å². The average Bonchev–Trinajstić information content (AvgIpc) is 2.66. The maximum atomic E-state index is 11.9. The van der Waals surface area contributed by atoms with Crippen molar-refractivity contribution in [2.24, 2.45) is 0 Å². The van der Waals surface area contributed by atoms with E-state index in [0.717, 1.165) is 5.56 Å². The zero-order chi connectivity index (χ0) is 19.6. The molecule has 0 aliphatic rings. The zero-order valence-electron chi connectivity index (χ0n) is 14.6. The van der Waals surface area contributed by atoms with Crippen molar-refractivity contribution in [3.63, 3.8) is 0 Å². The number of nitrogens with zero attached hydrogens (tertiary/aromatic N) is 1. The second-order valence-electron chi connectivity index (χ2n) is 5.55. The Morgan fingerprint density at radius 1 is 1.00 bits per heavy atom. The molecule has 0 atom stereocenters. The third-order valence-corrected chi connectivity index (χ3v) is 3.35. The molecule has 8 nitrogen and oxygen atoms in total. The van der Waals surface area contributed by atoms with E-state index >= 15 is 0 Å². The molecule has 3 N–H and O–H groups in total. The van der Waals surface area contributed by atoms with Gasteiger partial charge >= 0.3 is 0 Å². The van der Waals surface area contributed by atoms with Gasteiger partial charge in [0.25, 0.3) is 5.91 Å². The van der Waals surface area contributed by atoms with Crippen molar-refractivity contribution in [3.05, 3.63) is 59.7 Å². The Balaban J connectivity index is 1.75. The van der Waals surface area contributed by atoms with E-state index < -0.39 is 11.8 Å². The van der Waals surface area contributed by atoms with Crippen LogP contribution >= 0.6 is 0 Å². The topological polar surface area (TPSA) is 120 Å². The van der Waals surface area contributed by atoms with E-state index in [1.807, 2.05) is 6.07 Å². The quantitative estimate of drug-likeness (QED) is 0.665. The zero-order valence-corrected chi connectivity index (χ0v) is 14.6. The molecule has 0 spiro atoms. The summed E-state index contributed by atoms with van der Waals surface area (Å²) in [7, 11) is 0. The first-order valence-electron chi connectivity index (χ1n) is 8.04. The van der Waals surface area contributed by atoms with Crippen LogP contribution in [0, 0.1) is 11.3 Å². The van der Waals surface area contributed by atoms with Crippen LogP contribution in [0.5, 0.6) is 5.75 Å². The lowest BCUT2D eigenvalue weighted by molar-refractivity contribution is -0.129. The van der Waals surface area contributed by atoms with Crippen LogP contribution in [0.1, 0.15) is 18.1 Å². The van der Waals surface area contributed by atoms with Crippen molar-refractivity contribution in [3.8, 4) is 11.8 Å².